The number of nitro benzene ring substituents is 1. The molecule has 0 spiro atoms. The van der Waals surface area contributed by atoms with E-state index in [1.165, 1.54) is 12.3 Å². The lowest BCUT2D eigenvalue weighted by Gasteiger charge is -2.06. The number of halogens is 2. The van der Waals surface area contributed by atoms with Gasteiger partial charge in [0, 0.05) is 6.20 Å². The summed E-state index contributed by atoms with van der Waals surface area (Å²) in [7, 11) is 0. The Balaban J connectivity index is 2.36. The minimum atomic E-state index is -1.40. The third-order valence-corrected chi connectivity index (χ3v) is 2.63. The van der Waals surface area contributed by atoms with Crippen LogP contribution in [-0.4, -0.2) is 15.8 Å². The normalized spacial score (nSPS) is 10.2. The lowest BCUT2D eigenvalue weighted by atomic mass is 10.1. The van der Waals surface area contributed by atoms with E-state index >= 15 is 0 Å². The average molecular weight is 293 g/mol. The van der Waals surface area contributed by atoms with Crippen LogP contribution in [0, 0.1) is 28.7 Å². The predicted octanol–water partition coefficient (Wildman–Crippen LogP) is 2.83. The molecule has 1 N–H and O–H groups in total. The van der Waals surface area contributed by atoms with Crippen LogP contribution in [0.3, 0.4) is 0 Å². The summed E-state index contributed by atoms with van der Waals surface area (Å²) in [6, 6.07) is 4.00. The molecule has 0 unspecified atom stereocenters. The van der Waals surface area contributed by atoms with Crippen LogP contribution in [0.5, 0.6) is 0 Å². The number of carbonyl (C=O) groups is 1. The monoisotopic (exact) mass is 293 g/mol. The molecule has 2 rings (SSSR count). The highest BCUT2D eigenvalue weighted by Crippen LogP contribution is 2.23. The summed E-state index contributed by atoms with van der Waals surface area (Å²) in [5.74, 6) is -3.55. The zero-order chi connectivity index (χ0) is 15.6. The van der Waals surface area contributed by atoms with E-state index in [2.05, 4.69) is 10.3 Å². The summed E-state index contributed by atoms with van der Waals surface area (Å²) in [5, 5.41) is 13.1. The molecule has 8 heteroatoms. The van der Waals surface area contributed by atoms with Crippen molar-refractivity contribution < 1.29 is 18.5 Å². The molecule has 108 valence electrons. The number of aromatic nitrogens is 1. The number of anilines is 1. The van der Waals surface area contributed by atoms with E-state index in [1.54, 1.807) is 13.0 Å². The van der Waals surface area contributed by atoms with E-state index in [-0.39, 0.29) is 5.82 Å². The van der Waals surface area contributed by atoms with Gasteiger partial charge < -0.3 is 5.32 Å². The molecule has 0 saturated heterocycles. The molecule has 1 aromatic carbocycles. The van der Waals surface area contributed by atoms with Gasteiger partial charge in [-0.3, -0.25) is 14.9 Å². The van der Waals surface area contributed by atoms with Crippen LogP contribution in [0.25, 0.3) is 0 Å². The SMILES string of the molecule is Cc1ccc(NC(=O)c2cc(F)c(F)cc2[N+](=O)[O-])nc1. The lowest BCUT2D eigenvalue weighted by molar-refractivity contribution is -0.385. The van der Waals surface area contributed by atoms with Crippen molar-refractivity contribution in [1.29, 1.82) is 0 Å². The van der Waals surface area contributed by atoms with Crippen molar-refractivity contribution in [3.05, 3.63) is 63.3 Å². The first-order valence-corrected chi connectivity index (χ1v) is 5.76. The molecule has 1 amide bonds. The van der Waals surface area contributed by atoms with Gasteiger partial charge in [0.05, 0.1) is 11.0 Å². The number of pyridine rings is 1. The first-order valence-electron chi connectivity index (χ1n) is 5.76. The van der Waals surface area contributed by atoms with Crippen LogP contribution in [0.15, 0.2) is 30.5 Å². The molecule has 0 aliphatic rings. The van der Waals surface area contributed by atoms with Gasteiger partial charge in [-0.25, -0.2) is 13.8 Å². The third-order valence-electron chi connectivity index (χ3n) is 2.63. The van der Waals surface area contributed by atoms with Crippen molar-refractivity contribution in [3.8, 4) is 0 Å². The number of carbonyl (C=O) groups excluding carboxylic acids is 1. The number of nitrogens with one attached hydrogen (secondary N) is 1. The lowest BCUT2D eigenvalue weighted by Crippen LogP contribution is -2.15. The van der Waals surface area contributed by atoms with Gasteiger partial charge in [-0.05, 0) is 24.6 Å². The van der Waals surface area contributed by atoms with Gasteiger partial charge in [0.15, 0.2) is 11.6 Å². The molecule has 0 radical (unpaired) electrons. The number of rotatable bonds is 3. The van der Waals surface area contributed by atoms with E-state index in [0.717, 1.165) is 5.56 Å². The summed E-state index contributed by atoms with van der Waals surface area (Å²) in [5.41, 5.74) is -0.549. The van der Waals surface area contributed by atoms with E-state index < -0.39 is 33.7 Å². The Kier molecular flexibility index (Phi) is 3.88. The highest BCUT2D eigenvalue weighted by Gasteiger charge is 2.24. The summed E-state index contributed by atoms with van der Waals surface area (Å²) in [6.07, 6.45) is 1.48. The zero-order valence-corrected chi connectivity index (χ0v) is 10.8. The second-order valence-corrected chi connectivity index (χ2v) is 4.22. The van der Waals surface area contributed by atoms with E-state index in [0.29, 0.717) is 12.1 Å². The molecular weight excluding hydrogens is 284 g/mol. The second-order valence-electron chi connectivity index (χ2n) is 4.22. The number of hydrogen-bond acceptors (Lipinski definition) is 4. The van der Waals surface area contributed by atoms with Crippen LogP contribution < -0.4 is 5.32 Å². The van der Waals surface area contributed by atoms with Gasteiger partial charge in [0.25, 0.3) is 11.6 Å². The summed E-state index contributed by atoms with van der Waals surface area (Å²) >= 11 is 0. The standard InChI is InChI=1S/C13H9F2N3O3/c1-7-2-3-12(16-6-7)17-13(19)8-4-9(14)10(15)5-11(8)18(20)21/h2-6H,1H3,(H,16,17,19). The molecule has 0 fully saturated rings. The fourth-order valence-electron chi connectivity index (χ4n) is 1.59. The number of nitrogens with zero attached hydrogens (tertiary/aromatic N) is 2. The molecule has 0 aliphatic carbocycles. The maximum Gasteiger partial charge on any atom is 0.285 e. The van der Waals surface area contributed by atoms with Gasteiger partial charge in [-0.2, -0.15) is 0 Å². The fourth-order valence-corrected chi connectivity index (χ4v) is 1.59. The van der Waals surface area contributed by atoms with Crippen molar-refractivity contribution in [2.75, 3.05) is 5.32 Å². The molecule has 1 heterocycles. The summed E-state index contributed by atoms with van der Waals surface area (Å²) in [6.45, 7) is 1.79. The first-order chi connectivity index (χ1) is 9.88. The fraction of sp³-hybridized carbons (Fsp3) is 0.0769. The van der Waals surface area contributed by atoms with Gasteiger partial charge in [-0.1, -0.05) is 6.07 Å². The zero-order valence-electron chi connectivity index (χ0n) is 10.8. The molecule has 0 saturated carbocycles. The van der Waals surface area contributed by atoms with Gasteiger partial charge in [0.2, 0.25) is 0 Å². The van der Waals surface area contributed by atoms with Crippen LogP contribution in [0.4, 0.5) is 20.3 Å². The molecule has 0 aliphatic heterocycles. The third kappa shape index (κ3) is 3.16. The van der Waals surface area contributed by atoms with Gasteiger partial charge >= 0.3 is 0 Å². The summed E-state index contributed by atoms with van der Waals surface area (Å²) < 4.78 is 26.2. The number of aryl methyl sites for hydroxylation is 1. The Morgan fingerprint density at radius 1 is 1.29 bits per heavy atom. The second kappa shape index (κ2) is 5.61. The number of nitro groups is 1. The maximum atomic E-state index is 13.2. The predicted molar refractivity (Wildman–Crippen MR) is 69.9 cm³/mol. The summed E-state index contributed by atoms with van der Waals surface area (Å²) in [4.78, 5) is 25.7. The van der Waals surface area contributed by atoms with E-state index in [9.17, 15) is 23.7 Å². The molecule has 1 aromatic heterocycles. The number of hydrogen-bond donors (Lipinski definition) is 1. The Morgan fingerprint density at radius 3 is 2.52 bits per heavy atom. The quantitative estimate of drug-likeness (QED) is 0.696. The minimum absolute atomic E-state index is 0.143. The highest BCUT2D eigenvalue weighted by atomic mass is 19.2. The topological polar surface area (TPSA) is 85.1 Å². The Bertz CT molecular complexity index is 717. The Labute approximate surface area is 117 Å². The van der Waals surface area contributed by atoms with Crippen LogP contribution in [0.2, 0.25) is 0 Å². The minimum Gasteiger partial charge on any atom is -0.306 e. The van der Waals surface area contributed by atoms with Gasteiger partial charge in [-0.15, -0.1) is 0 Å². The van der Waals surface area contributed by atoms with Crippen LogP contribution in [-0.2, 0) is 0 Å². The molecule has 2 aromatic rings. The first kappa shape index (κ1) is 14.5. The van der Waals surface area contributed by atoms with Gasteiger partial charge in [0.1, 0.15) is 11.4 Å². The highest BCUT2D eigenvalue weighted by molar-refractivity contribution is 6.06. The van der Waals surface area contributed by atoms with E-state index in [1.807, 2.05) is 0 Å². The average Bonchev–Trinajstić information content (AvgIpc) is 2.43. The van der Waals surface area contributed by atoms with Crippen LogP contribution >= 0.6 is 0 Å². The van der Waals surface area contributed by atoms with Crippen molar-refractivity contribution >= 4 is 17.4 Å². The smallest absolute Gasteiger partial charge is 0.285 e. The Morgan fingerprint density at radius 2 is 1.95 bits per heavy atom. The molecular formula is C13H9F2N3O3. The van der Waals surface area contributed by atoms with E-state index in [4.69, 9.17) is 0 Å². The van der Waals surface area contributed by atoms with Crippen molar-refractivity contribution in [1.82, 2.24) is 4.98 Å². The number of benzene rings is 1. The van der Waals surface area contributed by atoms with Crippen molar-refractivity contribution in [3.63, 3.8) is 0 Å². The van der Waals surface area contributed by atoms with Crippen LogP contribution in [0.1, 0.15) is 15.9 Å². The Hall–Kier alpha value is -2.90. The largest absolute Gasteiger partial charge is 0.306 e. The molecule has 0 atom stereocenters. The van der Waals surface area contributed by atoms with Crippen molar-refractivity contribution in [2.45, 2.75) is 6.92 Å². The maximum absolute atomic E-state index is 13.2. The van der Waals surface area contributed by atoms with Crippen molar-refractivity contribution in [2.24, 2.45) is 0 Å². The molecule has 21 heavy (non-hydrogen) atoms. The molecule has 0 bridgehead atoms. The number of amides is 1. The molecule has 6 nitrogen and oxygen atoms in total.